The summed E-state index contributed by atoms with van der Waals surface area (Å²) in [6.07, 6.45) is 0. The van der Waals surface area contributed by atoms with E-state index in [1.165, 1.54) is 0 Å². The Hall–Kier alpha value is -3.80. The van der Waals surface area contributed by atoms with Crippen molar-refractivity contribution in [1.82, 2.24) is 5.32 Å². The van der Waals surface area contributed by atoms with Crippen molar-refractivity contribution in [3.8, 4) is 5.75 Å². The van der Waals surface area contributed by atoms with E-state index >= 15 is 0 Å². The number of para-hydroxylation sites is 1. The minimum atomic E-state index is -0.114. The smallest absolute Gasteiger partial charge is 0.258 e. The van der Waals surface area contributed by atoms with Gasteiger partial charge in [0.1, 0.15) is 5.75 Å². The van der Waals surface area contributed by atoms with Gasteiger partial charge in [-0.1, -0.05) is 30.3 Å². The fourth-order valence-electron chi connectivity index (χ4n) is 3.13. The minimum absolute atomic E-state index is 0.0579. The van der Waals surface area contributed by atoms with Crippen LogP contribution in [0.5, 0.6) is 5.75 Å². The largest absolute Gasteiger partial charge is 0.497 e. The van der Waals surface area contributed by atoms with Gasteiger partial charge in [-0.3, -0.25) is 9.59 Å². The van der Waals surface area contributed by atoms with Crippen molar-refractivity contribution in [2.45, 2.75) is 13.5 Å². The molecule has 6 heteroatoms. The molecule has 0 radical (unpaired) electrons. The van der Waals surface area contributed by atoms with Gasteiger partial charge in [-0.05, 0) is 61.0 Å². The van der Waals surface area contributed by atoms with Gasteiger partial charge in [-0.15, -0.1) is 0 Å². The van der Waals surface area contributed by atoms with Crippen LogP contribution < -0.4 is 20.3 Å². The van der Waals surface area contributed by atoms with Crippen LogP contribution in [0.3, 0.4) is 0 Å². The third-order valence-corrected chi connectivity index (χ3v) is 4.86. The van der Waals surface area contributed by atoms with Gasteiger partial charge in [-0.2, -0.15) is 0 Å². The Balaban J connectivity index is 1.50. The average Bonchev–Trinajstić information content (AvgIpc) is 2.83. The molecule has 0 fully saturated rings. The zero-order chi connectivity index (χ0) is 22.1. The zero-order valence-corrected chi connectivity index (χ0v) is 17.8. The van der Waals surface area contributed by atoms with Gasteiger partial charge >= 0.3 is 0 Å². The Morgan fingerprint density at radius 3 is 2.19 bits per heavy atom. The monoisotopic (exact) mass is 417 g/mol. The third kappa shape index (κ3) is 6.09. The maximum atomic E-state index is 12.8. The molecule has 2 N–H and O–H groups in total. The van der Waals surface area contributed by atoms with Gasteiger partial charge in [0.2, 0.25) is 5.91 Å². The normalized spacial score (nSPS) is 10.3. The van der Waals surface area contributed by atoms with Crippen molar-refractivity contribution in [2.24, 2.45) is 0 Å². The van der Waals surface area contributed by atoms with E-state index in [0.717, 1.165) is 22.7 Å². The highest BCUT2D eigenvalue weighted by atomic mass is 16.5. The lowest BCUT2D eigenvalue weighted by Gasteiger charge is -2.21. The molecule has 3 rings (SSSR count). The van der Waals surface area contributed by atoms with Crippen LogP contribution in [0.2, 0.25) is 0 Å². The van der Waals surface area contributed by atoms with Crippen LogP contribution >= 0.6 is 0 Å². The second-order valence-corrected chi connectivity index (χ2v) is 6.94. The summed E-state index contributed by atoms with van der Waals surface area (Å²) in [6, 6.07) is 24.3. The summed E-state index contributed by atoms with van der Waals surface area (Å²) >= 11 is 0. The topological polar surface area (TPSA) is 70.7 Å². The van der Waals surface area contributed by atoms with Crippen LogP contribution in [0.1, 0.15) is 22.8 Å². The van der Waals surface area contributed by atoms with E-state index in [1.54, 1.807) is 24.1 Å². The lowest BCUT2D eigenvalue weighted by atomic mass is 10.1. The number of benzene rings is 3. The number of methoxy groups -OCH3 is 1. The van der Waals surface area contributed by atoms with Crippen molar-refractivity contribution < 1.29 is 14.3 Å². The number of nitrogens with one attached hydrogen (secondary N) is 2. The molecular weight excluding hydrogens is 390 g/mol. The molecule has 0 aromatic heterocycles. The van der Waals surface area contributed by atoms with E-state index in [0.29, 0.717) is 18.7 Å². The summed E-state index contributed by atoms with van der Waals surface area (Å²) in [5, 5.41) is 5.96. The molecule has 2 amide bonds. The van der Waals surface area contributed by atoms with Crippen LogP contribution in [-0.2, 0) is 11.3 Å². The summed E-state index contributed by atoms with van der Waals surface area (Å²) in [5.41, 5.74) is 3.24. The lowest BCUT2D eigenvalue weighted by molar-refractivity contribution is -0.119. The van der Waals surface area contributed by atoms with Crippen molar-refractivity contribution in [2.75, 3.05) is 30.4 Å². The molecule has 160 valence electrons. The first kappa shape index (κ1) is 21.9. The lowest BCUT2D eigenvalue weighted by Crippen LogP contribution is -2.30. The molecule has 0 saturated heterocycles. The van der Waals surface area contributed by atoms with E-state index in [2.05, 4.69) is 10.6 Å². The van der Waals surface area contributed by atoms with Gasteiger partial charge in [0.25, 0.3) is 5.91 Å². The fraction of sp³-hybridized carbons (Fsp3) is 0.200. The zero-order valence-electron chi connectivity index (χ0n) is 17.8. The number of anilines is 2. The molecule has 0 heterocycles. The Labute approximate surface area is 182 Å². The second-order valence-electron chi connectivity index (χ2n) is 6.94. The summed E-state index contributed by atoms with van der Waals surface area (Å²) in [4.78, 5) is 26.7. The minimum Gasteiger partial charge on any atom is -0.497 e. The van der Waals surface area contributed by atoms with Crippen LogP contribution in [0, 0.1) is 0 Å². The van der Waals surface area contributed by atoms with E-state index in [4.69, 9.17) is 4.74 Å². The maximum absolute atomic E-state index is 12.8. The molecule has 0 aliphatic rings. The second kappa shape index (κ2) is 10.8. The van der Waals surface area contributed by atoms with Crippen molar-refractivity contribution in [1.29, 1.82) is 0 Å². The molecule has 0 aliphatic heterocycles. The number of hydrogen-bond acceptors (Lipinski definition) is 4. The van der Waals surface area contributed by atoms with Crippen molar-refractivity contribution >= 4 is 23.2 Å². The number of rotatable bonds is 9. The fourth-order valence-corrected chi connectivity index (χ4v) is 3.13. The first-order valence-electron chi connectivity index (χ1n) is 10.2. The predicted octanol–water partition coefficient (Wildman–Crippen LogP) is 4.09. The number of amides is 2. The molecule has 0 aliphatic carbocycles. The number of nitrogens with zero attached hydrogens (tertiary/aromatic N) is 1. The van der Waals surface area contributed by atoms with E-state index in [9.17, 15) is 9.59 Å². The van der Waals surface area contributed by atoms with Crippen LogP contribution in [0.4, 0.5) is 11.4 Å². The Kier molecular flexibility index (Phi) is 7.65. The summed E-state index contributed by atoms with van der Waals surface area (Å²) < 4.78 is 5.13. The summed E-state index contributed by atoms with van der Waals surface area (Å²) in [5.74, 6) is 0.610. The first-order valence-corrected chi connectivity index (χ1v) is 10.2. The SMILES string of the molecule is CCN(C(=O)c1ccc(NCC(=O)NCc2ccc(OC)cc2)cc1)c1ccccc1. The predicted molar refractivity (Wildman–Crippen MR) is 124 cm³/mol. The molecule has 0 spiro atoms. The van der Waals surface area contributed by atoms with Gasteiger partial charge in [0.15, 0.2) is 0 Å². The van der Waals surface area contributed by atoms with Crippen molar-refractivity contribution in [3.05, 3.63) is 90.0 Å². The highest BCUT2D eigenvalue weighted by Gasteiger charge is 2.15. The number of carbonyl (C=O) groups excluding carboxylic acids is 2. The molecule has 6 nitrogen and oxygen atoms in total. The standard InChI is InChI=1S/C25H27N3O3/c1-3-28(22-7-5-4-6-8-22)25(30)20-11-13-21(14-12-20)26-18-24(29)27-17-19-9-15-23(31-2)16-10-19/h4-16,26H,3,17-18H2,1-2H3,(H,27,29). The van der Waals surface area contributed by atoms with Gasteiger partial charge in [-0.25, -0.2) is 0 Å². The van der Waals surface area contributed by atoms with Crippen LogP contribution in [0.15, 0.2) is 78.9 Å². The van der Waals surface area contributed by atoms with Gasteiger partial charge in [0.05, 0.1) is 13.7 Å². The molecule has 3 aromatic carbocycles. The number of ether oxygens (including phenoxy) is 1. The van der Waals surface area contributed by atoms with E-state index in [-0.39, 0.29) is 18.4 Å². The first-order chi connectivity index (χ1) is 15.1. The van der Waals surface area contributed by atoms with E-state index < -0.39 is 0 Å². The molecule has 0 saturated carbocycles. The highest BCUT2D eigenvalue weighted by Crippen LogP contribution is 2.18. The van der Waals surface area contributed by atoms with Gasteiger partial charge in [0, 0.05) is 30.0 Å². The summed E-state index contributed by atoms with van der Waals surface area (Å²) in [7, 11) is 1.62. The van der Waals surface area contributed by atoms with Crippen LogP contribution in [-0.4, -0.2) is 32.0 Å². The maximum Gasteiger partial charge on any atom is 0.258 e. The molecule has 0 unspecified atom stereocenters. The Morgan fingerprint density at radius 1 is 0.903 bits per heavy atom. The average molecular weight is 418 g/mol. The molecule has 0 atom stereocenters. The summed E-state index contributed by atoms with van der Waals surface area (Å²) in [6.45, 7) is 3.13. The molecule has 31 heavy (non-hydrogen) atoms. The Morgan fingerprint density at radius 2 is 1.58 bits per heavy atom. The number of carbonyl (C=O) groups is 2. The molecule has 0 bridgehead atoms. The van der Waals surface area contributed by atoms with Crippen LogP contribution in [0.25, 0.3) is 0 Å². The highest BCUT2D eigenvalue weighted by molar-refractivity contribution is 6.06. The third-order valence-electron chi connectivity index (χ3n) is 4.86. The molecular formula is C25H27N3O3. The van der Waals surface area contributed by atoms with Crippen molar-refractivity contribution in [3.63, 3.8) is 0 Å². The Bertz CT molecular complexity index is 987. The molecule has 3 aromatic rings. The number of hydrogen-bond donors (Lipinski definition) is 2. The van der Waals surface area contributed by atoms with E-state index in [1.807, 2.05) is 73.7 Å². The quantitative estimate of drug-likeness (QED) is 0.550. The van der Waals surface area contributed by atoms with Gasteiger partial charge < -0.3 is 20.3 Å².